The lowest BCUT2D eigenvalue weighted by Gasteiger charge is -2.31. The van der Waals surface area contributed by atoms with Crippen molar-refractivity contribution in [2.75, 3.05) is 0 Å². The van der Waals surface area contributed by atoms with Crippen molar-refractivity contribution in [1.29, 1.82) is 0 Å². The Morgan fingerprint density at radius 2 is 2.24 bits per heavy atom. The molecule has 3 heterocycles. The number of nitrogens with zero attached hydrogens (tertiary/aromatic N) is 1. The number of rotatable bonds is 4. The molecule has 1 N–H and O–H groups in total. The summed E-state index contributed by atoms with van der Waals surface area (Å²) in [7, 11) is 0. The van der Waals surface area contributed by atoms with Gasteiger partial charge in [-0.1, -0.05) is 0 Å². The summed E-state index contributed by atoms with van der Waals surface area (Å²) in [5.41, 5.74) is 0. The highest BCUT2D eigenvalue weighted by atomic mass is 16.5. The van der Waals surface area contributed by atoms with Gasteiger partial charge in [0, 0.05) is 6.04 Å². The second-order valence-corrected chi connectivity index (χ2v) is 6.50. The lowest BCUT2D eigenvalue weighted by molar-refractivity contribution is 0.0958. The third kappa shape index (κ3) is 2.44. The topological polar surface area (TPSA) is 54.7 Å². The molecular formula is C16H22N2O3. The van der Waals surface area contributed by atoms with Crippen molar-refractivity contribution in [3.05, 3.63) is 24.2 Å². The van der Waals surface area contributed by atoms with Crippen LogP contribution < -0.4 is 5.32 Å². The molecule has 0 spiro atoms. The monoisotopic (exact) mass is 290 g/mol. The van der Waals surface area contributed by atoms with E-state index in [1.54, 1.807) is 6.26 Å². The molecule has 5 heteroatoms. The number of ether oxygens (including phenoxy) is 1. The lowest BCUT2D eigenvalue weighted by Crippen LogP contribution is -2.49. The minimum absolute atomic E-state index is 0.0213. The van der Waals surface area contributed by atoms with Crippen LogP contribution in [-0.2, 0) is 4.74 Å². The Morgan fingerprint density at radius 3 is 2.81 bits per heavy atom. The smallest absolute Gasteiger partial charge is 0.318 e. The van der Waals surface area contributed by atoms with E-state index in [4.69, 9.17) is 9.15 Å². The molecule has 0 unspecified atom stereocenters. The Labute approximate surface area is 124 Å². The van der Waals surface area contributed by atoms with Gasteiger partial charge in [0.15, 0.2) is 0 Å². The van der Waals surface area contributed by atoms with Crippen molar-refractivity contribution in [2.45, 2.75) is 69.4 Å². The fraction of sp³-hybridized carbons (Fsp3) is 0.688. The van der Waals surface area contributed by atoms with Crippen molar-refractivity contribution in [1.82, 2.24) is 10.2 Å². The number of hydrogen-bond acceptors (Lipinski definition) is 3. The molecule has 1 aliphatic carbocycles. The van der Waals surface area contributed by atoms with E-state index >= 15 is 0 Å². The zero-order chi connectivity index (χ0) is 14.4. The number of carbonyl (C=O) groups excluding carboxylic acids is 1. The number of fused-ring (bicyclic) bond motifs is 2. The minimum Gasteiger partial charge on any atom is -0.467 e. The SMILES string of the molecule is C[C@@H](c1ccco1)N(C(=O)N[C@H]1C[C@H]2CC[C@H]1O2)C1CC1. The Kier molecular flexibility index (Phi) is 3.17. The summed E-state index contributed by atoms with van der Waals surface area (Å²) in [5, 5.41) is 3.19. The molecule has 1 saturated carbocycles. The molecule has 0 radical (unpaired) electrons. The van der Waals surface area contributed by atoms with Crippen LogP contribution in [0.5, 0.6) is 0 Å². The van der Waals surface area contributed by atoms with Gasteiger partial charge in [-0.25, -0.2) is 4.79 Å². The second-order valence-electron chi connectivity index (χ2n) is 6.50. The first kappa shape index (κ1) is 13.2. The first-order valence-corrected chi connectivity index (χ1v) is 8.00. The molecule has 2 saturated heterocycles. The van der Waals surface area contributed by atoms with Gasteiger partial charge >= 0.3 is 6.03 Å². The molecule has 3 fully saturated rings. The van der Waals surface area contributed by atoms with E-state index in [-0.39, 0.29) is 24.2 Å². The predicted octanol–water partition coefficient (Wildman–Crippen LogP) is 2.83. The molecular weight excluding hydrogens is 268 g/mol. The first-order chi connectivity index (χ1) is 10.2. The van der Waals surface area contributed by atoms with Gasteiger partial charge in [-0.15, -0.1) is 0 Å². The molecule has 21 heavy (non-hydrogen) atoms. The van der Waals surface area contributed by atoms with E-state index in [9.17, 15) is 4.79 Å². The van der Waals surface area contributed by atoms with Crippen LogP contribution in [0.2, 0.25) is 0 Å². The largest absolute Gasteiger partial charge is 0.467 e. The maximum absolute atomic E-state index is 12.7. The zero-order valence-corrected chi connectivity index (χ0v) is 12.3. The summed E-state index contributed by atoms with van der Waals surface area (Å²) in [6.45, 7) is 2.04. The van der Waals surface area contributed by atoms with E-state index in [0.29, 0.717) is 12.1 Å². The molecule has 1 aromatic rings. The number of nitrogens with one attached hydrogen (secondary N) is 1. The Balaban J connectivity index is 1.45. The van der Waals surface area contributed by atoms with Gasteiger partial charge in [-0.05, 0) is 51.2 Å². The predicted molar refractivity (Wildman–Crippen MR) is 76.8 cm³/mol. The zero-order valence-electron chi connectivity index (χ0n) is 12.3. The molecule has 2 bridgehead atoms. The molecule has 1 aromatic heterocycles. The second kappa shape index (κ2) is 5.05. The van der Waals surface area contributed by atoms with Gasteiger partial charge in [0.1, 0.15) is 5.76 Å². The number of hydrogen-bond donors (Lipinski definition) is 1. The number of furan rings is 1. The fourth-order valence-electron chi connectivity index (χ4n) is 3.70. The van der Waals surface area contributed by atoms with E-state index < -0.39 is 0 Å². The third-order valence-corrected chi connectivity index (χ3v) is 4.96. The van der Waals surface area contributed by atoms with Crippen LogP contribution in [-0.4, -0.2) is 35.2 Å². The minimum atomic E-state index is -0.0213. The highest BCUT2D eigenvalue weighted by Crippen LogP contribution is 2.37. The highest BCUT2D eigenvalue weighted by molar-refractivity contribution is 5.76. The van der Waals surface area contributed by atoms with Crippen LogP contribution in [0.1, 0.15) is 50.8 Å². The first-order valence-electron chi connectivity index (χ1n) is 8.00. The standard InChI is InChI=1S/C16H22N2O3/c1-10(14-3-2-8-20-14)18(11-4-5-11)16(19)17-13-9-12-6-7-15(13)21-12/h2-3,8,10-13,15H,4-7,9H2,1H3,(H,17,19)/t10-,12+,13-,15+/m0/s1. The fourth-order valence-corrected chi connectivity index (χ4v) is 3.70. The van der Waals surface area contributed by atoms with Crippen molar-refractivity contribution in [3.8, 4) is 0 Å². The van der Waals surface area contributed by atoms with Crippen LogP contribution in [0.4, 0.5) is 4.79 Å². The molecule has 114 valence electrons. The summed E-state index contributed by atoms with van der Waals surface area (Å²) in [6, 6.07) is 4.35. The number of carbonyl (C=O) groups is 1. The summed E-state index contributed by atoms with van der Waals surface area (Å²) >= 11 is 0. The van der Waals surface area contributed by atoms with E-state index in [0.717, 1.165) is 37.9 Å². The van der Waals surface area contributed by atoms with E-state index in [1.807, 2.05) is 24.0 Å². The van der Waals surface area contributed by atoms with Crippen molar-refractivity contribution in [2.24, 2.45) is 0 Å². The van der Waals surface area contributed by atoms with Gasteiger partial charge < -0.3 is 19.4 Å². The van der Waals surface area contributed by atoms with Crippen molar-refractivity contribution < 1.29 is 13.9 Å². The van der Waals surface area contributed by atoms with Crippen LogP contribution in [0.25, 0.3) is 0 Å². The number of amides is 2. The van der Waals surface area contributed by atoms with Gasteiger partial charge in [-0.3, -0.25) is 0 Å². The van der Waals surface area contributed by atoms with Crippen LogP contribution >= 0.6 is 0 Å². The molecule has 5 nitrogen and oxygen atoms in total. The molecule has 0 aromatic carbocycles. The Bertz CT molecular complexity index is 512. The Hall–Kier alpha value is -1.49. The summed E-state index contributed by atoms with van der Waals surface area (Å²) < 4.78 is 11.3. The summed E-state index contributed by atoms with van der Waals surface area (Å²) in [6.07, 6.45) is 7.61. The van der Waals surface area contributed by atoms with Gasteiger partial charge in [0.25, 0.3) is 0 Å². The van der Waals surface area contributed by atoms with Gasteiger partial charge in [0.05, 0.1) is 30.6 Å². The van der Waals surface area contributed by atoms with Gasteiger partial charge in [0.2, 0.25) is 0 Å². The molecule has 4 rings (SSSR count). The van der Waals surface area contributed by atoms with Crippen molar-refractivity contribution >= 4 is 6.03 Å². The Morgan fingerprint density at radius 1 is 1.38 bits per heavy atom. The normalized spacial score (nSPS) is 32.1. The third-order valence-electron chi connectivity index (χ3n) is 4.96. The average molecular weight is 290 g/mol. The maximum atomic E-state index is 12.7. The van der Waals surface area contributed by atoms with Crippen LogP contribution in [0.3, 0.4) is 0 Å². The van der Waals surface area contributed by atoms with E-state index in [1.165, 1.54) is 0 Å². The molecule has 3 aliphatic rings. The maximum Gasteiger partial charge on any atom is 0.318 e. The molecule has 2 aliphatic heterocycles. The number of urea groups is 1. The summed E-state index contributed by atoms with van der Waals surface area (Å²) in [5.74, 6) is 0.848. The van der Waals surface area contributed by atoms with Crippen LogP contribution in [0.15, 0.2) is 22.8 Å². The highest BCUT2D eigenvalue weighted by Gasteiger charge is 2.44. The molecule has 4 atom stereocenters. The van der Waals surface area contributed by atoms with Gasteiger partial charge in [-0.2, -0.15) is 0 Å². The van der Waals surface area contributed by atoms with E-state index in [2.05, 4.69) is 5.32 Å². The average Bonchev–Trinajstić information content (AvgIpc) is 2.94. The quantitative estimate of drug-likeness (QED) is 0.927. The van der Waals surface area contributed by atoms with Crippen molar-refractivity contribution in [3.63, 3.8) is 0 Å². The summed E-state index contributed by atoms with van der Waals surface area (Å²) in [4.78, 5) is 14.7. The molecule has 2 amide bonds. The lowest BCUT2D eigenvalue weighted by atomic mass is 9.96. The van der Waals surface area contributed by atoms with Crippen LogP contribution in [0, 0.1) is 0 Å².